The molecule has 1 saturated heterocycles. The first-order valence-corrected chi connectivity index (χ1v) is 14.4. The number of nitrogens with zero attached hydrogens (tertiary/aromatic N) is 4. The summed E-state index contributed by atoms with van der Waals surface area (Å²) in [6.45, 7) is 9.99. The number of hydrogen-bond donors (Lipinski definition) is 1. The molecule has 0 bridgehead atoms. The van der Waals surface area contributed by atoms with Crippen molar-refractivity contribution in [3.05, 3.63) is 65.7 Å². The Bertz CT molecular complexity index is 1440. The van der Waals surface area contributed by atoms with E-state index >= 15 is 4.39 Å². The Morgan fingerprint density at radius 1 is 1.18 bits per heavy atom. The third kappa shape index (κ3) is 5.25. The molecule has 10 heteroatoms. The molecule has 0 amide bonds. The van der Waals surface area contributed by atoms with Crippen molar-refractivity contribution in [1.82, 2.24) is 19.8 Å². The molecule has 1 atom stereocenters. The highest BCUT2D eigenvalue weighted by Gasteiger charge is 2.52. The number of anilines is 1. The van der Waals surface area contributed by atoms with Crippen molar-refractivity contribution in [2.24, 2.45) is 0 Å². The molecule has 1 spiro atoms. The molecular weight excluding hydrogens is 505 g/mol. The number of likely N-dealkylation sites (N-methyl/N-ethyl adjacent to an activating group) is 1. The molecule has 8 nitrogen and oxygen atoms in total. The maximum atomic E-state index is 15.3. The summed E-state index contributed by atoms with van der Waals surface area (Å²) in [5, 5.41) is 0. The molecule has 0 unspecified atom stereocenters. The maximum Gasteiger partial charge on any atom is 0.267 e. The van der Waals surface area contributed by atoms with Crippen LogP contribution in [0.15, 0.2) is 53.7 Å². The van der Waals surface area contributed by atoms with E-state index in [1.165, 1.54) is 50.5 Å². The van der Waals surface area contributed by atoms with Gasteiger partial charge in [-0.3, -0.25) is 19.5 Å². The zero-order valence-corrected chi connectivity index (χ0v) is 23.1. The van der Waals surface area contributed by atoms with Gasteiger partial charge in [-0.25, -0.2) is 17.8 Å². The lowest BCUT2D eigenvalue weighted by atomic mass is 10.0. The van der Waals surface area contributed by atoms with Crippen LogP contribution >= 0.6 is 0 Å². The summed E-state index contributed by atoms with van der Waals surface area (Å²) in [5.74, 6) is -0.391. The SMILES string of the molecule is CCN1[C@@H](C)CN(Cc2ccc(-c3cc(NS(=O)(=O)c4cc(C)cnc4OC)ccn3)c(F)c2)CC12CC2. The van der Waals surface area contributed by atoms with E-state index in [0.29, 0.717) is 34.9 Å². The number of hydrogen-bond acceptors (Lipinski definition) is 7. The van der Waals surface area contributed by atoms with Crippen LogP contribution in [0.2, 0.25) is 0 Å². The van der Waals surface area contributed by atoms with Crippen molar-refractivity contribution >= 4 is 15.7 Å². The second-order valence-electron chi connectivity index (χ2n) is 10.4. The van der Waals surface area contributed by atoms with Crippen LogP contribution in [0.4, 0.5) is 10.1 Å². The molecule has 1 aliphatic carbocycles. The molecule has 1 N–H and O–H groups in total. The highest BCUT2D eigenvalue weighted by atomic mass is 32.2. The Hall–Kier alpha value is -3.08. The highest BCUT2D eigenvalue weighted by molar-refractivity contribution is 7.92. The van der Waals surface area contributed by atoms with Gasteiger partial charge < -0.3 is 4.74 Å². The second kappa shape index (κ2) is 10.2. The van der Waals surface area contributed by atoms with Crippen LogP contribution in [0.3, 0.4) is 0 Å². The number of aromatic nitrogens is 2. The lowest BCUT2D eigenvalue weighted by molar-refractivity contribution is 0.0168. The van der Waals surface area contributed by atoms with Crippen molar-refractivity contribution < 1.29 is 17.5 Å². The second-order valence-corrected chi connectivity index (χ2v) is 12.0. The lowest BCUT2D eigenvalue weighted by Crippen LogP contribution is -2.58. The number of methoxy groups -OCH3 is 1. The number of ether oxygens (including phenoxy) is 1. The molecule has 0 radical (unpaired) electrons. The van der Waals surface area contributed by atoms with Crippen molar-refractivity contribution in [3.63, 3.8) is 0 Å². The van der Waals surface area contributed by atoms with E-state index in [2.05, 4.69) is 38.3 Å². The van der Waals surface area contributed by atoms with Crippen LogP contribution in [0.25, 0.3) is 11.3 Å². The number of aryl methyl sites for hydroxylation is 1. The third-order valence-corrected chi connectivity index (χ3v) is 8.89. The summed E-state index contributed by atoms with van der Waals surface area (Å²) in [4.78, 5) is 13.3. The van der Waals surface area contributed by atoms with Crippen molar-refractivity contribution in [3.8, 4) is 17.1 Å². The quantitative estimate of drug-likeness (QED) is 0.452. The van der Waals surface area contributed by atoms with E-state index in [-0.39, 0.29) is 22.3 Å². The molecule has 5 rings (SSSR count). The minimum absolute atomic E-state index is 0.00267. The molecule has 3 heterocycles. The van der Waals surface area contributed by atoms with E-state index in [1.807, 2.05) is 6.07 Å². The van der Waals surface area contributed by atoms with Crippen LogP contribution in [-0.2, 0) is 16.6 Å². The van der Waals surface area contributed by atoms with Gasteiger partial charge in [0.25, 0.3) is 10.0 Å². The van der Waals surface area contributed by atoms with E-state index in [1.54, 1.807) is 19.1 Å². The van der Waals surface area contributed by atoms with Gasteiger partial charge in [0.05, 0.1) is 18.5 Å². The number of piperazine rings is 1. The van der Waals surface area contributed by atoms with Crippen LogP contribution in [0, 0.1) is 12.7 Å². The molecular formula is C28H34FN5O3S. The van der Waals surface area contributed by atoms with Gasteiger partial charge in [-0.2, -0.15) is 0 Å². The normalized spacial score (nSPS) is 19.4. The average Bonchev–Trinajstić information content (AvgIpc) is 3.63. The Labute approximate surface area is 223 Å². The standard InChI is InChI=1S/C28H34FN5O3S/c1-5-34-20(3)16-33(18-28(34)9-10-28)17-21-6-7-23(24(29)13-21)25-14-22(8-11-30-25)32-38(35,36)26-12-19(2)15-31-27(26)37-4/h6-8,11-15,20H,5,9-10,16-18H2,1-4H3,(H,30,32)/t20-/m0/s1. The first-order chi connectivity index (χ1) is 18.1. The summed E-state index contributed by atoms with van der Waals surface area (Å²) < 4.78 is 49.1. The molecule has 2 aromatic heterocycles. The van der Waals surface area contributed by atoms with Gasteiger partial charge in [-0.1, -0.05) is 13.0 Å². The van der Waals surface area contributed by atoms with E-state index < -0.39 is 10.0 Å². The smallest absolute Gasteiger partial charge is 0.267 e. The molecule has 38 heavy (non-hydrogen) atoms. The number of nitrogens with one attached hydrogen (secondary N) is 1. The summed E-state index contributed by atoms with van der Waals surface area (Å²) in [7, 11) is -2.63. The minimum atomic E-state index is -3.99. The monoisotopic (exact) mass is 539 g/mol. The van der Waals surface area contributed by atoms with Gasteiger partial charge in [-0.05, 0) is 74.7 Å². The predicted molar refractivity (Wildman–Crippen MR) is 145 cm³/mol. The Balaban J connectivity index is 1.33. The van der Waals surface area contributed by atoms with E-state index in [0.717, 1.165) is 25.2 Å². The van der Waals surface area contributed by atoms with Gasteiger partial charge in [0.15, 0.2) is 0 Å². The van der Waals surface area contributed by atoms with E-state index in [9.17, 15) is 8.42 Å². The molecule has 1 aromatic carbocycles. The van der Waals surface area contributed by atoms with Crippen LogP contribution < -0.4 is 9.46 Å². The molecule has 3 aromatic rings. The summed E-state index contributed by atoms with van der Waals surface area (Å²) in [6, 6.07) is 10.2. The first-order valence-electron chi connectivity index (χ1n) is 12.9. The number of pyridine rings is 2. The van der Waals surface area contributed by atoms with Gasteiger partial charge in [0.1, 0.15) is 10.7 Å². The summed E-state index contributed by atoms with van der Waals surface area (Å²) in [6.07, 6.45) is 5.45. The fourth-order valence-electron chi connectivity index (χ4n) is 5.72. The number of halogens is 1. The van der Waals surface area contributed by atoms with Crippen LogP contribution in [-0.4, -0.2) is 66.5 Å². The number of benzene rings is 1. The van der Waals surface area contributed by atoms with Crippen molar-refractivity contribution in [2.45, 2.75) is 56.6 Å². The van der Waals surface area contributed by atoms with Crippen LogP contribution in [0.5, 0.6) is 5.88 Å². The topological polar surface area (TPSA) is 87.7 Å². The highest BCUT2D eigenvalue weighted by Crippen LogP contribution is 2.46. The first kappa shape index (κ1) is 26.5. The summed E-state index contributed by atoms with van der Waals surface area (Å²) >= 11 is 0. The fourth-order valence-corrected chi connectivity index (χ4v) is 6.97. The Morgan fingerprint density at radius 2 is 1.97 bits per heavy atom. The molecule has 1 saturated carbocycles. The average molecular weight is 540 g/mol. The number of rotatable bonds is 8. The predicted octanol–water partition coefficient (Wildman–Crippen LogP) is 4.46. The van der Waals surface area contributed by atoms with E-state index in [4.69, 9.17) is 4.74 Å². The van der Waals surface area contributed by atoms with Crippen molar-refractivity contribution in [2.75, 3.05) is 31.5 Å². The zero-order valence-electron chi connectivity index (χ0n) is 22.2. The van der Waals surface area contributed by atoms with Gasteiger partial charge in [0, 0.05) is 49.2 Å². The molecule has 1 aliphatic heterocycles. The van der Waals surface area contributed by atoms with Crippen molar-refractivity contribution in [1.29, 1.82) is 0 Å². The molecule has 202 valence electrons. The molecule has 2 aliphatic rings. The van der Waals surface area contributed by atoms with Gasteiger partial charge in [0.2, 0.25) is 5.88 Å². The summed E-state index contributed by atoms with van der Waals surface area (Å²) in [5.41, 5.74) is 2.80. The molecule has 2 fully saturated rings. The third-order valence-electron chi connectivity index (χ3n) is 7.52. The maximum absolute atomic E-state index is 15.3. The zero-order chi connectivity index (χ0) is 27.1. The fraction of sp³-hybridized carbons (Fsp3) is 0.429. The minimum Gasteiger partial charge on any atom is -0.480 e. The Kier molecular flexibility index (Phi) is 7.15. The van der Waals surface area contributed by atoms with Crippen LogP contribution in [0.1, 0.15) is 37.8 Å². The lowest BCUT2D eigenvalue weighted by Gasteiger charge is -2.46. The van der Waals surface area contributed by atoms with Gasteiger partial charge in [-0.15, -0.1) is 0 Å². The van der Waals surface area contributed by atoms with Gasteiger partial charge >= 0.3 is 0 Å². The number of sulfonamides is 1. The largest absolute Gasteiger partial charge is 0.480 e. The Morgan fingerprint density at radius 3 is 2.66 bits per heavy atom.